The fourth-order valence-electron chi connectivity index (χ4n) is 8.13. The predicted molar refractivity (Wildman–Crippen MR) is 256 cm³/mol. The third kappa shape index (κ3) is 9.23. The molecule has 0 aliphatic heterocycles. The predicted octanol–water partition coefficient (Wildman–Crippen LogP) is 14.3. The van der Waals surface area contributed by atoms with Gasteiger partial charge in [0.05, 0.1) is 24.9 Å². The van der Waals surface area contributed by atoms with Crippen LogP contribution in [0.25, 0.3) is 71.7 Å². The summed E-state index contributed by atoms with van der Waals surface area (Å²) in [5.41, 5.74) is 15.6. The maximum absolute atomic E-state index is 5.14. The van der Waals surface area contributed by atoms with E-state index in [0.717, 1.165) is 45.8 Å². The average Bonchev–Trinajstić information content (AvgIpc) is 3.82. The summed E-state index contributed by atoms with van der Waals surface area (Å²) in [6.45, 7) is 18.5. The molecule has 0 saturated carbocycles. The minimum absolute atomic E-state index is 0. The number of hydrogen-bond donors (Lipinski definition) is 0. The Labute approximate surface area is 374 Å². The van der Waals surface area contributed by atoms with Crippen LogP contribution in [0.1, 0.15) is 37.5 Å². The Hall–Kier alpha value is -5.23. The number of nitrogens with zero attached hydrogens (tertiary/aromatic N) is 3. The van der Waals surface area contributed by atoms with Gasteiger partial charge in [0.15, 0.2) is 0 Å². The zero-order chi connectivity index (χ0) is 41.3. The minimum atomic E-state index is -1.37. The van der Waals surface area contributed by atoms with E-state index in [-0.39, 0.29) is 25.5 Å². The van der Waals surface area contributed by atoms with Crippen molar-refractivity contribution in [2.45, 2.75) is 60.7 Å². The van der Waals surface area contributed by atoms with Gasteiger partial charge in [0, 0.05) is 32.0 Å². The molecular formula is C54H51IrN3SSi-2. The normalized spacial score (nSPS) is 11.6. The van der Waals surface area contributed by atoms with Gasteiger partial charge in [-0.05, 0) is 94.2 Å². The van der Waals surface area contributed by atoms with Crippen LogP contribution in [0.5, 0.6) is 0 Å². The van der Waals surface area contributed by atoms with Gasteiger partial charge in [-0.2, -0.15) is 0 Å². The smallest absolute Gasteiger partial charge is 0.0798 e. The van der Waals surface area contributed by atoms with E-state index in [4.69, 9.17) is 9.97 Å². The van der Waals surface area contributed by atoms with Gasteiger partial charge in [0.1, 0.15) is 0 Å². The van der Waals surface area contributed by atoms with Gasteiger partial charge in [-0.15, -0.1) is 47.3 Å². The first kappa shape index (κ1) is 42.9. The van der Waals surface area contributed by atoms with E-state index < -0.39 is 8.07 Å². The summed E-state index contributed by atoms with van der Waals surface area (Å²) < 4.78 is 3.51. The summed E-state index contributed by atoms with van der Waals surface area (Å²) in [5.74, 6) is 0.927. The first-order chi connectivity index (χ1) is 28.3. The number of fused-ring (bicyclic) bond motifs is 2. The van der Waals surface area contributed by atoms with E-state index in [1.807, 2.05) is 18.2 Å². The molecule has 0 atom stereocenters. The molecule has 0 aliphatic carbocycles. The van der Waals surface area contributed by atoms with Crippen molar-refractivity contribution in [3.8, 4) is 50.6 Å². The summed E-state index contributed by atoms with van der Waals surface area (Å²) in [6.07, 6.45) is 3.21. The van der Waals surface area contributed by atoms with Gasteiger partial charge >= 0.3 is 0 Å². The minimum Gasteiger partial charge on any atom is -0.333 e. The van der Waals surface area contributed by atoms with E-state index in [1.165, 1.54) is 54.2 Å². The monoisotopic (exact) mass is 994 g/mol. The quantitative estimate of drug-likeness (QED) is 0.118. The molecule has 0 saturated heterocycles. The number of thiophene rings is 1. The standard InChI is InChI=1S/C35H25N2S.C19H26NSi.Ir/c1-23-19-28(20-24(2)34(23)26-13-7-4-8-14-26)37-32-16-10-9-15-31(32)36-35(37)30-22-38-33-21-27(17-18-29(30)33)25-11-5-3-6-12-25;1-19(2,3)13-16-12-17(15-10-8-7-9-11-15)20-14-18(16)21(4,5)6;/h3-21H,1-2H3;7-10,12,14H,13H2,1-6H3;/q2*-1;. The first-order valence-corrected chi connectivity index (χ1v) is 24.8. The van der Waals surface area contributed by atoms with Crippen LogP contribution in [0, 0.1) is 30.7 Å². The molecule has 3 nitrogen and oxygen atoms in total. The topological polar surface area (TPSA) is 30.7 Å². The van der Waals surface area contributed by atoms with Gasteiger partial charge in [-0.3, -0.25) is 16.3 Å². The van der Waals surface area contributed by atoms with Crippen molar-refractivity contribution < 1.29 is 20.1 Å². The number of imidazole rings is 1. The number of pyridine rings is 1. The van der Waals surface area contributed by atoms with Crippen LogP contribution >= 0.6 is 11.3 Å². The third-order valence-electron chi connectivity index (χ3n) is 10.7. The van der Waals surface area contributed by atoms with Crippen LogP contribution in [0.2, 0.25) is 19.6 Å². The van der Waals surface area contributed by atoms with Crippen molar-refractivity contribution >= 4 is 45.7 Å². The van der Waals surface area contributed by atoms with Crippen LogP contribution in [0.15, 0.2) is 152 Å². The Bertz CT molecular complexity index is 2860. The van der Waals surface area contributed by atoms with Crippen LogP contribution in [-0.4, -0.2) is 22.6 Å². The molecule has 60 heavy (non-hydrogen) atoms. The number of hydrogen-bond acceptors (Lipinski definition) is 3. The van der Waals surface area contributed by atoms with Crippen molar-refractivity contribution in [3.05, 3.63) is 180 Å². The van der Waals surface area contributed by atoms with E-state index in [9.17, 15) is 0 Å². The number of benzene rings is 6. The molecule has 0 N–H and O–H groups in total. The Kier molecular flexibility index (Phi) is 12.7. The summed E-state index contributed by atoms with van der Waals surface area (Å²) >= 11 is 1.66. The number of para-hydroxylation sites is 2. The number of aromatic nitrogens is 3. The first-order valence-electron chi connectivity index (χ1n) is 20.5. The van der Waals surface area contributed by atoms with Crippen LogP contribution in [0.3, 0.4) is 0 Å². The molecule has 1 radical (unpaired) electrons. The van der Waals surface area contributed by atoms with Crippen LogP contribution in [0.4, 0.5) is 0 Å². The zero-order valence-corrected chi connectivity index (χ0v) is 39.9. The Morgan fingerprint density at radius 1 is 0.700 bits per heavy atom. The summed E-state index contributed by atoms with van der Waals surface area (Å²) in [5, 5.41) is 6.27. The molecule has 9 aromatic rings. The van der Waals surface area contributed by atoms with Gasteiger partial charge in [-0.25, -0.2) is 0 Å². The van der Waals surface area contributed by atoms with Crippen molar-refractivity contribution in [1.82, 2.24) is 14.5 Å². The van der Waals surface area contributed by atoms with E-state index >= 15 is 0 Å². The summed E-state index contributed by atoms with van der Waals surface area (Å²) in [4.78, 5) is 9.85. The molecule has 6 heteroatoms. The molecule has 0 bridgehead atoms. The van der Waals surface area contributed by atoms with Crippen molar-refractivity contribution in [2.24, 2.45) is 5.41 Å². The fourth-order valence-corrected chi connectivity index (χ4v) is 10.6. The van der Waals surface area contributed by atoms with E-state index in [0.29, 0.717) is 0 Å². The molecule has 3 aromatic heterocycles. The van der Waals surface area contributed by atoms with Crippen LogP contribution in [-0.2, 0) is 26.5 Å². The largest absolute Gasteiger partial charge is 0.333 e. The third-order valence-corrected chi connectivity index (χ3v) is 13.7. The van der Waals surface area contributed by atoms with Crippen molar-refractivity contribution in [1.29, 1.82) is 0 Å². The second kappa shape index (κ2) is 17.8. The number of rotatable bonds is 7. The number of aryl methyl sites for hydroxylation is 2. The molecule has 303 valence electrons. The Balaban J connectivity index is 0.000000212. The van der Waals surface area contributed by atoms with Gasteiger partial charge < -0.3 is 9.55 Å². The zero-order valence-electron chi connectivity index (χ0n) is 35.7. The van der Waals surface area contributed by atoms with Gasteiger partial charge in [0.2, 0.25) is 0 Å². The molecule has 9 rings (SSSR count). The molecule has 0 aliphatic rings. The molecular weight excluding hydrogens is 943 g/mol. The summed E-state index contributed by atoms with van der Waals surface area (Å²) in [7, 11) is -1.37. The second-order valence-corrected chi connectivity index (χ2v) is 23.6. The van der Waals surface area contributed by atoms with E-state index in [2.05, 4.69) is 204 Å². The SMILES string of the molecule is CC(C)(C)Cc1cc(-c2[c-]cccc2)ncc1[Si](C)(C)C.Cc1cc(-n2c(-c3[c-]sc4cc(-c5ccccc5)ccc34)nc3ccccc32)cc(C)c1-c1ccccc1.[Ir]. The van der Waals surface area contributed by atoms with Crippen molar-refractivity contribution in [2.75, 3.05) is 0 Å². The van der Waals surface area contributed by atoms with Gasteiger partial charge in [0.25, 0.3) is 0 Å². The molecule has 3 heterocycles. The average molecular weight is 994 g/mol. The van der Waals surface area contributed by atoms with E-state index in [1.54, 1.807) is 11.3 Å². The molecule has 0 unspecified atom stereocenters. The Morgan fingerprint density at radius 2 is 1.35 bits per heavy atom. The van der Waals surface area contributed by atoms with Crippen molar-refractivity contribution in [3.63, 3.8) is 0 Å². The second-order valence-electron chi connectivity index (χ2n) is 17.7. The fraction of sp³-hybridized carbons (Fsp3) is 0.185. The molecule has 0 fully saturated rings. The maximum Gasteiger partial charge on any atom is 0.0798 e. The van der Waals surface area contributed by atoms with Crippen LogP contribution < -0.4 is 5.19 Å². The maximum atomic E-state index is 5.14. The molecule has 0 amide bonds. The molecule has 0 spiro atoms. The Morgan fingerprint density at radius 3 is 2.00 bits per heavy atom. The van der Waals surface area contributed by atoms with Gasteiger partial charge in [-0.1, -0.05) is 153 Å². The molecule has 6 aromatic carbocycles. The summed E-state index contributed by atoms with van der Waals surface area (Å²) in [6, 6.07) is 54.5.